The Kier molecular flexibility index (Phi) is 16.7. The summed E-state index contributed by atoms with van der Waals surface area (Å²) in [5, 5.41) is 52.4. The molecule has 5 atom stereocenters. The molecule has 0 saturated heterocycles. The average Bonchev–Trinajstić information content (AvgIpc) is 2.86. The van der Waals surface area contributed by atoms with Gasteiger partial charge >= 0.3 is 5.97 Å². The van der Waals surface area contributed by atoms with Crippen LogP contribution >= 0.6 is 0 Å². The number of rotatable bonds is 15. The van der Waals surface area contributed by atoms with Gasteiger partial charge < -0.3 is 53.0 Å². The zero-order valence-electron chi connectivity index (χ0n) is 21.9. The number of aliphatic hydroxyl groups is 2. The molecule has 0 fully saturated rings. The predicted octanol–water partition coefficient (Wildman–Crippen LogP) is -2.61. The van der Waals surface area contributed by atoms with Crippen LogP contribution in [-0.2, 0) is 30.4 Å². The first-order chi connectivity index (χ1) is 18.2. The van der Waals surface area contributed by atoms with E-state index in [4.69, 9.17) is 21.4 Å². The normalized spacial score (nSPS) is 14.3. The van der Waals surface area contributed by atoms with Gasteiger partial charge in [-0.25, -0.2) is 4.79 Å². The molecule has 0 radical (unpaired) electrons. The third kappa shape index (κ3) is 14.7. The van der Waals surface area contributed by atoms with E-state index in [9.17, 15) is 39.6 Å². The number of aliphatic carboxylic acids is 2. The lowest BCUT2D eigenvalue weighted by molar-refractivity contribution is -0.143. The van der Waals surface area contributed by atoms with Crippen molar-refractivity contribution in [2.45, 2.75) is 69.8 Å². The number of carboxylic acid groups (broad SMARTS) is 2. The number of hydrogen-bond acceptors (Lipinski definition) is 10. The number of phenolic OH excluding ortho intramolecular Hbond substituents is 1. The van der Waals surface area contributed by atoms with Crippen molar-refractivity contribution >= 4 is 29.7 Å². The van der Waals surface area contributed by atoms with Gasteiger partial charge in [-0.1, -0.05) is 12.1 Å². The molecule has 0 aliphatic carbocycles. The maximum atomic E-state index is 12.9. The SMILES string of the molecule is CC(=O)O.CC(O)C(N)C(=O)NC(Cc1ccc(O)cc1)C(=O)NC(CO)C(=O)NC(CCCCN)C(=O)O. The Hall–Kier alpha value is -3.79. The summed E-state index contributed by atoms with van der Waals surface area (Å²) < 4.78 is 0. The minimum absolute atomic E-state index is 0.00798. The van der Waals surface area contributed by atoms with Crippen LogP contribution in [0.15, 0.2) is 24.3 Å². The predicted molar refractivity (Wildman–Crippen MR) is 138 cm³/mol. The molecular weight excluding hydrogens is 518 g/mol. The first-order valence-corrected chi connectivity index (χ1v) is 12.1. The van der Waals surface area contributed by atoms with Crippen LogP contribution in [0.5, 0.6) is 5.75 Å². The molecule has 1 aromatic rings. The first-order valence-electron chi connectivity index (χ1n) is 12.1. The molecule has 15 heteroatoms. The molecule has 5 unspecified atom stereocenters. The molecule has 3 amide bonds. The van der Waals surface area contributed by atoms with Crippen LogP contribution in [0.3, 0.4) is 0 Å². The molecule has 1 rings (SSSR count). The topological polar surface area (TPSA) is 275 Å². The first kappa shape index (κ1) is 35.2. The van der Waals surface area contributed by atoms with Crippen molar-refractivity contribution < 1.29 is 49.5 Å². The molecule has 0 aromatic heterocycles. The van der Waals surface area contributed by atoms with E-state index in [1.165, 1.54) is 31.2 Å². The number of phenols is 1. The van der Waals surface area contributed by atoms with Crippen LogP contribution in [0.4, 0.5) is 0 Å². The zero-order valence-corrected chi connectivity index (χ0v) is 21.9. The van der Waals surface area contributed by atoms with Gasteiger partial charge in [-0.3, -0.25) is 19.2 Å². The molecule has 15 nitrogen and oxygen atoms in total. The summed E-state index contributed by atoms with van der Waals surface area (Å²) in [7, 11) is 0. The molecular formula is C24H39N5O10. The van der Waals surface area contributed by atoms with Gasteiger partial charge in [-0.2, -0.15) is 0 Å². The molecule has 220 valence electrons. The Morgan fingerprint density at radius 2 is 1.36 bits per heavy atom. The molecule has 0 aliphatic heterocycles. The average molecular weight is 558 g/mol. The number of amides is 3. The highest BCUT2D eigenvalue weighted by Gasteiger charge is 2.30. The van der Waals surface area contributed by atoms with Gasteiger partial charge in [0.1, 0.15) is 29.9 Å². The van der Waals surface area contributed by atoms with E-state index < -0.39 is 66.5 Å². The second kappa shape index (κ2) is 18.5. The molecule has 0 saturated carbocycles. The van der Waals surface area contributed by atoms with E-state index in [1.807, 2.05) is 0 Å². The van der Waals surface area contributed by atoms with Crippen molar-refractivity contribution in [2.75, 3.05) is 13.2 Å². The highest BCUT2D eigenvalue weighted by Crippen LogP contribution is 2.12. The van der Waals surface area contributed by atoms with Crippen molar-refractivity contribution in [1.29, 1.82) is 0 Å². The van der Waals surface area contributed by atoms with Crippen molar-refractivity contribution in [2.24, 2.45) is 11.5 Å². The van der Waals surface area contributed by atoms with Gasteiger partial charge in [-0.05, 0) is 50.4 Å². The molecule has 12 N–H and O–H groups in total. The minimum Gasteiger partial charge on any atom is -0.508 e. The molecule has 1 aromatic carbocycles. The number of nitrogens with two attached hydrogens (primary N) is 2. The number of carboxylic acids is 2. The maximum Gasteiger partial charge on any atom is 0.326 e. The third-order valence-electron chi connectivity index (χ3n) is 5.21. The highest BCUT2D eigenvalue weighted by molar-refractivity contribution is 5.94. The molecule has 0 heterocycles. The lowest BCUT2D eigenvalue weighted by Gasteiger charge is -2.25. The van der Waals surface area contributed by atoms with Crippen molar-refractivity contribution in [3.63, 3.8) is 0 Å². The summed E-state index contributed by atoms with van der Waals surface area (Å²) in [5.74, 6) is -4.71. The van der Waals surface area contributed by atoms with Gasteiger partial charge in [-0.15, -0.1) is 0 Å². The molecule has 0 spiro atoms. The van der Waals surface area contributed by atoms with Crippen LogP contribution in [0.1, 0.15) is 38.7 Å². The smallest absolute Gasteiger partial charge is 0.326 e. The molecule has 39 heavy (non-hydrogen) atoms. The Labute approximate surface area is 225 Å². The largest absolute Gasteiger partial charge is 0.508 e. The van der Waals surface area contributed by atoms with Gasteiger partial charge in [0.2, 0.25) is 17.7 Å². The van der Waals surface area contributed by atoms with Crippen LogP contribution in [0, 0.1) is 0 Å². The maximum absolute atomic E-state index is 12.9. The quantitative estimate of drug-likeness (QED) is 0.0994. The number of aromatic hydroxyl groups is 1. The van der Waals surface area contributed by atoms with E-state index in [1.54, 1.807) is 0 Å². The molecule has 0 aliphatic rings. The van der Waals surface area contributed by atoms with E-state index >= 15 is 0 Å². The number of benzene rings is 1. The second-order valence-corrected chi connectivity index (χ2v) is 8.64. The lowest BCUT2D eigenvalue weighted by atomic mass is 10.0. The highest BCUT2D eigenvalue weighted by atomic mass is 16.4. The monoisotopic (exact) mass is 557 g/mol. The summed E-state index contributed by atoms with van der Waals surface area (Å²) >= 11 is 0. The van der Waals surface area contributed by atoms with E-state index in [0.717, 1.165) is 6.92 Å². The number of carbonyl (C=O) groups is 5. The van der Waals surface area contributed by atoms with E-state index in [-0.39, 0.29) is 18.6 Å². The fourth-order valence-corrected chi connectivity index (χ4v) is 3.05. The Balaban J connectivity index is 0.00000336. The van der Waals surface area contributed by atoms with Gasteiger partial charge in [0.05, 0.1) is 12.7 Å². The van der Waals surface area contributed by atoms with Crippen LogP contribution < -0.4 is 27.4 Å². The number of unbranched alkanes of at least 4 members (excludes halogenated alkanes) is 1. The lowest BCUT2D eigenvalue weighted by Crippen LogP contribution is -2.59. The third-order valence-corrected chi connectivity index (χ3v) is 5.21. The number of nitrogens with one attached hydrogen (secondary N) is 3. The molecule has 0 bridgehead atoms. The standard InChI is InChI=1S/C22H35N5O8.C2H4O2/c1-12(29)18(24)21(33)26-16(10-13-5-7-14(30)8-6-13)19(31)27-17(11-28)20(32)25-15(22(34)35)4-2-3-9-23;1-2(3)4/h5-8,12,15-18,28-30H,2-4,9-11,23-24H2,1H3,(H,25,32)(H,26,33)(H,27,31)(H,34,35);1H3,(H,3,4). The van der Waals surface area contributed by atoms with Crippen LogP contribution in [0.25, 0.3) is 0 Å². The van der Waals surface area contributed by atoms with Gasteiger partial charge in [0, 0.05) is 13.3 Å². The van der Waals surface area contributed by atoms with E-state index in [2.05, 4.69) is 16.0 Å². The number of aliphatic hydroxyl groups excluding tert-OH is 2. The second-order valence-electron chi connectivity index (χ2n) is 8.64. The summed E-state index contributed by atoms with van der Waals surface area (Å²) in [6.07, 6.45) is -0.140. The Morgan fingerprint density at radius 1 is 0.872 bits per heavy atom. The fraction of sp³-hybridized carbons (Fsp3) is 0.542. The van der Waals surface area contributed by atoms with E-state index in [0.29, 0.717) is 24.9 Å². The van der Waals surface area contributed by atoms with Gasteiger partial charge in [0.25, 0.3) is 5.97 Å². The number of carbonyl (C=O) groups excluding carboxylic acids is 3. The fourth-order valence-electron chi connectivity index (χ4n) is 3.05. The summed E-state index contributed by atoms with van der Waals surface area (Å²) in [5.41, 5.74) is 11.6. The van der Waals surface area contributed by atoms with Gasteiger partial charge in [0.15, 0.2) is 0 Å². The van der Waals surface area contributed by atoms with Crippen molar-refractivity contribution in [3.05, 3.63) is 29.8 Å². The zero-order chi connectivity index (χ0) is 30.1. The Morgan fingerprint density at radius 3 is 1.82 bits per heavy atom. The van der Waals surface area contributed by atoms with Crippen molar-refractivity contribution in [3.8, 4) is 5.75 Å². The number of hydrogen-bond donors (Lipinski definition) is 10. The van der Waals surface area contributed by atoms with Crippen LogP contribution in [-0.4, -0.2) is 98.6 Å². The van der Waals surface area contributed by atoms with Crippen molar-refractivity contribution in [1.82, 2.24) is 16.0 Å². The Bertz CT molecular complexity index is 938. The summed E-state index contributed by atoms with van der Waals surface area (Å²) in [6, 6.07) is 0.477. The summed E-state index contributed by atoms with van der Waals surface area (Å²) in [4.78, 5) is 58.3. The minimum atomic E-state index is -1.50. The van der Waals surface area contributed by atoms with Crippen LogP contribution in [0.2, 0.25) is 0 Å². The summed E-state index contributed by atoms with van der Waals surface area (Å²) in [6.45, 7) is 1.92.